The topological polar surface area (TPSA) is 23.9 Å². The molecule has 0 aromatic heterocycles. The summed E-state index contributed by atoms with van der Waals surface area (Å²) in [7, 11) is 0. The van der Waals surface area contributed by atoms with Gasteiger partial charge in [-0.05, 0) is 0 Å². The summed E-state index contributed by atoms with van der Waals surface area (Å²) < 4.78 is 0. The first kappa shape index (κ1) is 14.3. The molecule has 0 radical (unpaired) electrons. The van der Waals surface area contributed by atoms with Crippen LogP contribution in [0.25, 0.3) is 0 Å². The molecule has 0 fully saturated rings. The van der Waals surface area contributed by atoms with E-state index in [-0.39, 0.29) is 0 Å². The summed E-state index contributed by atoms with van der Waals surface area (Å²) in [6, 6.07) is 0. The van der Waals surface area contributed by atoms with Crippen molar-refractivity contribution in [2.75, 3.05) is 0 Å². The fourth-order valence-corrected chi connectivity index (χ4v) is 1.66. The number of nitrogens with one attached hydrogen (secondary N) is 1. The first-order valence-electron chi connectivity index (χ1n) is 6.37. The zero-order valence-corrected chi connectivity index (χ0v) is 10.1. The number of unbranched alkanes of at least 4 members (excludes halogenated alkanes) is 5. The zero-order chi connectivity index (χ0) is 10.6. The van der Waals surface area contributed by atoms with Gasteiger partial charge in [0.15, 0.2) is 0 Å². The molecule has 1 N–H and O–H groups in total. The van der Waals surface area contributed by atoms with E-state index in [0.29, 0.717) is 0 Å². The van der Waals surface area contributed by atoms with Gasteiger partial charge in [-0.2, -0.15) is 0 Å². The SMILES string of the molecule is [Li][CH2]CCCCCC(=N)CCCCC. The molecule has 2 heteroatoms. The van der Waals surface area contributed by atoms with E-state index in [0.717, 1.165) is 18.6 Å². The molecule has 0 atom stereocenters. The number of hydrogen-bond acceptors (Lipinski definition) is 1. The maximum atomic E-state index is 7.75. The van der Waals surface area contributed by atoms with Gasteiger partial charge in [0.05, 0.1) is 0 Å². The summed E-state index contributed by atoms with van der Waals surface area (Å²) in [5.41, 5.74) is 0.981. The molecule has 0 saturated carbocycles. The Kier molecular flexibility index (Phi) is 11.6. The van der Waals surface area contributed by atoms with Crippen LogP contribution in [0.5, 0.6) is 0 Å². The van der Waals surface area contributed by atoms with Crippen LogP contribution in [0.2, 0.25) is 5.09 Å². The predicted octanol–water partition coefficient (Wildman–Crippen LogP) is 4.12. The van der Waals surface area contributed by atoms with Crippen LogP contribution in [-0.4, -0.2) is 23.4 Å². The van der Waals surface area contributed by atoms with Crippen LogP contribution in [0, 0.1) is 5.41 Å². The molecule has 0 aromatic carbocycles. The van der Waals surface area contributed by atoms with Crippen LogP contribution in [0.15, 0.2) is 0 Å². The third-order valence-corrected chi connectivity index (χ3v) is 2.66. The summed E-state index contributed by atoms with van der Waals surface area (Å²) in [5, 5.41) is 9.06. The average Bonchev–Trinajstić information content (AvgIpc) is 2.18. The fraction of sp³-hybridized carbons (Fsp3) is 0.917. The van der Waals surface area contributed by atoms with Gasteiger partial charge in [0.25, 0.3) is 0 Å². The van der Waals surface area contributed by atoms with E-state index in [9.17, 15) is 0 Å². The Morgan fingerprint density at radius 1 is 0.929 bits per heavy atom. The number of hydrogen-bond donors (Lipinski definition) is 1. The molecule has 0 aromatic rings. The van der Waals surface area contributed by atoms with Crippen molar-refractivity contribution in [3.63, 3.8) is 0 Å². The second-order valence-electron chi connectivity index (χ2n) is 4.22. The van der Waals surface area contributed by atoms with Crippen molar-refractivity contribution in [2.45, 2.75) is 69.8 Å². The Balaban J connectivity index is 3.10. The Hall–Kier alpha value is 0.267. The van der Waals surface area contributed by atoms with Crippen molar-refractivity contribution in [3.8, 4) is 0 Å². The van der Waals surface area contributed by atoms with E-state index in [1.54, 1.807) is 0 Å². The molecule has 78 valence electrons. The number of rotatable bonds is 10. The van der Waals surface area contributed by atoms with E-state index in [1.807, 2.05) is 0 Å². The van der Waals surface area contributed by atoms with Gasteiger partial charge in [-0.3, -0.25) is 0 Å². The molecule has 0 aliphatic rings. The van der Waals surface area contributed by atoms with Gasteiger partial charge in [-0.15, -0.1) is 0 Å². The first-order chi connectivity index (χ1) is 6.81. The first-order valence-corrected chi connectivity index (χ1v) is 6.37. The van der Waals surface area contributed by atoms with Crippen LogP contribution in [-0.2, 0) is 0 Å². The molecule has 0 spiro atoms. The van der Waals surface area contributed by atoms with Crippen LogP contribution in [0.1, 0.15) is 64.7 Å². The molecular weight excluding hydrogens is 165 g/mol. The van der Waals surface area contributed by atoms with Gasteiger partial charge < -0.3 is 0 Å². The fourth-order valence-electron chi connectivity index (χ4n) is 1.66. The standard InChI is InChI=1S/C12H24N.Li/c1-3-5-7-9-11-12(13)10-8-6-4-2;/h13H,1,3-11H2,2H3;. The zero-order valence-electron chi connectivity index (χ0n) is 10.1. The molecule has 0 saturated heterocycles. The van der Waals surface area contributed by atoms with E-state index in [1.165, 1.54) is 50.0 Å². The van der Waals surface area contributed by atoms with Crippen LogP contribution >= 0.6 is 0 Å². The Morgan fingerprint density at radius 2 is 1.50 bits per heavy atom. The third kappa shape index (κ3) is 10.3. The molecule has 0 amide bonds. The third-order valence-electron chi connectivity index (χ3n) is 2.66. The maximum absolute atomic E-state index is 7.75. The molecule has 1 nitrogen and oxygen atoms in total. The van der Waals surface area contributed by atoms with Crippen molar-refractivity contribution < 1.29 is 0 Å². The molecule has 0 aliphatic heterocycles. The summed E-state index contributed by atoms with van der Waals surface area (Å²) in [5.74, 6) is 0. The summed E-state index contributed by atoms with van der Waals surface area (Å²) in [4.78, 5) is 0. The predicted molar refractivity (Wildman–Crippen MR) is 65.5 cm³/mol. The summed E-state index contributed by atoms with van der Waals surface area (Å²) >= 11 is 2.24. The quantitative estimate of drug-likeness (QED) is 0.303. The van der Waals surface area contributed by atoms with Crippen molar-refractivity contribution in [3.05, 3.63) is 0 Å². The van der Waals surface area contributed by atoms with Crippen molar-refractivity contribution in [1.29, 1.82) is 5.41 Å². The summed E-state index contributed by atoms with van der Waals surface area (Å²) in [6.07, 6.45) is 11.2. The van der Waals surface area contributed by atoms with Crippen molar-refractivity contribution in [1.82, 2.24) is 0 Å². The van der Waals surface area contributed by atoms with Crippen molar-refractivity contribution in [2.24, 2.45) is 0 Å². The Labute approximate surface area is 98.8 Å². The molecule has 0 heterocycles. The van der Waals surface area contributed by atoms with E-state index >= 15 is 0 Å². The molecule has 0 bridgehead atoms. The average molecular weight is 189 g/mol. The van der Waals surface area contributed by atoms with E-state index in [2.05, 4.69) is 24.6 Å². The minimum absolute atomic E-state index is 0.981. The van der Waals surface area contributed by atoms with Crippen LogP contribution in [0.3, 0.4) is 0 Å². The van der Waals surface area contributed by atoms with Gasteiger partial charge >= 0.3 is 98.6 Å². The molecule has 0 aliphatic carbocycles. The molecular formula is C12H24LiN. The van der Waals surface area contributed by atoms with Gasteiger partial charge in [0.2, 0.25) is 0 Å². The molecule has 0 unspecified atom stereocenters. The second-order valence-corrected chi connectivity index (χ2v) is 4.22. The van der Waals surface area contributed by atoms with Gasteiger partial charge in [-0.25, -0.2) is 0 Å². The van der Waals surface area contributed by atoms with Gasteiger partial charge in [0, 0.05) is 0 Å². The second kappa shape index (κ2) is 11.3. The van der Waals surface area contributed by atoms with Gasteiger partial charge in [0.1, 0.15) is 0 Å². The van der Waals surface area contributed by atoms with Crippen molar-refractivity contribution >= 4 is 23.4 Å². The minimum atomic E-state index is 0.981. The normalized spacial score (nSPS) is 10.5. The van der Waals surface area contributed by atoms with Crippen LogP contribution < -0.4 is 0 Å². The summed E-state index contributed by atoms with van der Waals surface area (Å²) in [6.45, 7) is 2.22. The Bertz CT molecular complexity index is 134. The van der Waals surface area contributed by atoms with E-state index in [4.69, 9.17) is 5.41 Å². The van der Waals surface area contributed by atoms with Crippen LogP contribution in [0.4, 0.5) is 0 Å². The molecule has 0 rings (SSSR count). The van der Waals surface area contributed by atoms with Gasteiger partial charge in [-0.1, -0.05) is 0 Å². The Morgan fingerprint density at radius 3 is 2.07 bits per heavy atom. The molecule has 14 heavy (non-hydrogen) atoms. The monoisotopic (exact) mass is 189 g/mol. The van der Waals surface area contributed by atoms with E-state index < -0.39 is 0 Å².